The fourth-order valence-electron chi connectivity index (χ4n) is 6.71. The van der Waals surface area contributed by atoms with E-state index in [4.69, 9.17) is 9.47 Å². The van der Waals surface area contributed by atoms with Gasteiger partial charge in [-0.2, -0.15) is 0 Å². The SMILES string of the molecule is CC1(C)O[C@@H](C(O)(c2ccccc2)c2ccccc2)[C@H](C(O)(c2ccccc2)c2ccccc2)O1.[CH2-]/C=C/[Si](C)(C)c1ccccc1.[CH]1[CH][CH][CH][CH]1.[Ti+2]. The summed E-state index contributed by atoms with van der Waals surface area (Å²) in [5, 5.41) is 26.7. The molecule has 2 N–H and O–H groups in total. The van der Waals surface area contributed by atoms with Crippen molar-refractivity contribution in [1.82, 2.24) is 0 Å². The van der Waals surface area contributed by atoms with Gasteiger partial charge in [0.25, 0.3) is 0 Å². The predicted molar refractivity (Wildman–Crippen MR) is 215 cm³/mol. The second-order valence-corrected chi connectivity index (χ2v) is 18.3. The van der Waals surface area contributed by atoms with Crippen molar-refractivity contribution in [2.45, 2.75) is 56.1 Å². The molecule has 0 unspecified atom stereocenters. The van der Waals surface area contributed by atoms with Gasteiger partial charge in [0.2, 0.25) is 0 Å². The number of hydrogen-bond donors (Lipinski definition) is 2. The molecule has 5 radical (unpaired) electrons. The topological polar surface area (TPSA) is 58.9 Å². The van der Waals surface area contributed by atoms with Crippen LogP contribution in [-0.4, -0.2) is 36.3 Å². The molecule has 0 bridgehead atoms. The standard InChI is InChI=1S/C31H30O4.C11H15Si.C5H5.Ti/c1-29(2)34-27(30(32,23-15-7-3-8-16-23)24-17-9-4-10-18-24)28(35-29)31(33,25-19-11-5-12-20-25)26-21-13-6-14-22-26;1-4-10-12(2,3)11-8-6-5-7-9-11;1-2-4-5-3-1;/h3-22,27-28,32-33H,1-2H3;4-10H,1H2,2-3H3;1-5H;/q;-1;;+2/b;10-4+;;/t27-,28-;;;/m1.../s1. The molecule has 6 heteroatoms. The maximum atomic E-state index is 12.6. The molecule has 1 saturated heterocycles. The van der Waals surface area contributed by atoms with Crippen LogP contribution in [0.1, 0.15) is 36.1 Å². The summed E-state index contributed by atoms with van der Waals surface area (Å²) in [5.41, 5.74) is 1.69. The molecule has 0 amide bonds. The van der Waals surface area contributed by atoms with Gasteiger partial charge in [0.05, 0.1) is 0 Å². The van der Waals surface area contributed by atoms with E-state index in [9.17, 15) is 10.2 Å². The fraction of sp³-hybridized carbons (Fsp3) is 0.191. The zero-order valence-electron chi connectivity index (χ0n) is 31.0. The summed E-state index contributed by atoms with van der Waals surface area (Å²) in [7, 11) is -1.32. The average Bonchev–Trinajstić information content (AvgIpc) is 3.88. The molecular weight excluding hydrogens is 704 g/mol. The van der Waals surface area contributed by atoms with E-state index in [1.54, 1.807) is 0 Å². The second kappa shape index (κ2) is 19.2. The minimum absolute atomic E-state index is 0. The largest absolute Gasteiger partial charge is 2.00 e. The van der Waals surface area contributed by atoms with E-state index in [0.717, 1.165) is 0 Å². The van der Waals surface area contributed by atoms with Gasteiger partial charge >= 0.3 is 21.7 Å². The minimum atomic E-state index is -1.60. The van der Waals surface area contributed by atoms with E-state index in [-0.39, 0.29) is 21.7 Å². The first-order valence-electron chi connectivity index (χ1n) is 17.7. The summed E-state index contributed by atoms with van der Waals surface area (Å²) in [6.45, 7) is 12.0. The zero-order chi connectivity index (χ0) is 37.1. The first-order chi connectivity index (χ1) is 25.0. The van der Waals surface area contributed by atoms with Crippen LogP contribution < -0.4 is 5.19 Å². The van der Waals surface area contributed by atoms with Crippen molar-refractivity contribution in [3.8, 4) is 0 Å². The monoisotopic (exact) mass is 754 g/mol. The Hall–Kier alpha value is -3.52. The molecule has 2 aliphatic rings. The third-order valence-electron chi connectivity index (χ3n) is 9.38. The Bertz CT molecular complexity index is 1610. The van der Waals surface area contributed by atoms with Gasteiger partial charge in [-0.05, 0) is 68.2 Å². The van der Waals surface area contributed by atoms with Crippen LogP contribution in [-0.2, 0) is 42.4 Å². The molecule has 2 atom stereocenters. The molecule has 1 saturated carbocycles. The van der Waals surface area contributed by atoms with Crippen molar-refractivity contribution in [2.75, 3.05) is 0 Å². The van der Waals surface area contributed by atoms with Crippen molar-refractivity contribution in [2.24, 2.45) is 0 Å². The normalized spacial score (nSPS) is 18.2. The Morgan fingerprint density at radius 3 is 1.06 bits per heavy atom. The van der Waals surface area contributed by atoms with Gasteiger partial charge in [-0.3, -0.25) is 0 Å². The molecule has 5 aromatic carbocycles. The second-order valence-electron chi connectivity index (χ2n) is 13.9. The Balaban J connectivity index is 0.000000287. The van der Waals surface area contributed by atoms with E-state index >= 15 is 0 Å². The summed E-state index contributed by atoms with van der Waals surface area (Å²) in [6.07, 6.45) is 10.0. The van der Waals surface area contributed by atoms with Crippen molar-refractivity contribution in [1.29, 1.82) is 0 Å². The third-order valence-corrected chi connectivity index (χ3v) is 12.3. The van der Waals surface area contributed by atoms with Crippen molar-refractivity contribution < 1.29 is 41.4 Å². The summed E-state index contributed by atoms with van der Waals surface area (Å²) in [4.78, 5) is 0. The van der Waals surface area contributed by atoms with Crippen LogP contribution >= 0.6 is 0 Å². The predicted octanol–water partition coefficient (Wildman–Crippen LogP) is 8.93. The molecule has 5 aromatic rings. The van der Waals surface area contributed by atoms with E-state index in [0.29, 0.717) is 22.3 Å². The summed E-state index contributed by atoms with van der Waals surface area (Å²) < 4.78 is 13.0. The van der Waals surface area contributed by atoms with Crippen molar-refractivity contribution >= 4 is 13.3 Å². The van der Waals surface area contributed by atoms with Gasteiger partial charge in [-0.1, -0.05) is 170 Å². The first-order valence-corrected chi connectivity index (χ1v) is 20.8. The maximum absolute atomic E-state index is 12.6. The summed E-state index contributed by atoms with van der Waals surface area (Å²) in [5.74, 6) is -1.05. The van der Waals surface area contributed by atoms with Crippen LogP contribution in [0.2, 0.25) is 13.1 Å². The molecule has 269 valence electrons. The first kappa shape index (κ1) is 42.2. The molecule has 7 rings (SSSR count). The number of allylic oxidation sites excluding steroid dienone is 1. The molecule has 4 nitrogen and oxygen atoms in total. The smallest absolute Gasteiger partial charge is 0.378 e. The number of benzene rings is 5. The number of hydrogen-bond acceptors (Lipinski definition) is 4. The van der Waals surface area contributed by atoms with Crippen LogP contribution in [0.25, 0.3) is 0 Å². The van der Waals surface area contributed by atoms with E-state index in [2.05, 4.69) is 56.0 Å². The van der Waals surface area contributed by atoms with Gasteiger partial charge in [-0.15, -0.1) is 0 Å². The quantitative estimate of drug-likeness (QED) is 0.123. The Kier molecular flexibility index (Phi) is 15.3. The van der Waals surface area contributed by atoms with Crippen molar-refractivity contribution in [3.05, 3.63) is 225 Å². The summed E-state index contributed by atoms with van der Waals surface area (Å²) >= 11 is 0. The molecule has 2 fully saturated rings. The van der Waals surface area contributed by atoms with Gasteiger partial charge < -0.3 is 19.7 Å². The van der Waals surface area contributed by atoms with Crippen LogP contribution in [0, 0.1) is 39.0 Å². The molecular formula is C47H50O4SiTi+. The van der Waals surface area contributed by atoms with E-state index in [1.807, 2.05) is 173 Å². The Morgan fingerprint density at radius 1 is 0.528 bits per heavy atom. The molecule has 0 spiro atoms. The van der Waals surface area contributed by atoms with Crippen LogP contribution in [0.3, 0.4) is 0 Å². The maximum Gasteiger partial charge on any atom is 2.00 e. The van der Waals surface area contributed by atoms with Gasteiger partial charge in [0, 0.05) is 8.07 Å². The average molecular weight is 755 g/mol. The Labute approximate surface area is 333 Å². The third kappa shape index (κ3) is 10.2. The van der Waals surface area contributed by atoms with E-state index in [1.165, 1.54) is 5.19 Å². The number of rotatable bonds is 8. The summed E-state index contributed by atoms with van der Waals surface area (Å²) in [6, 6.07) is 48.4. The van der Waals surface area contributed by atoms with Crippen LogP contribution in [0.15, 0.2) is 163 Å². The number of ether oxygens (including phenoxy) is 2. The van der Waals surface area contributed by atoms with Gasteiger partial charge in [0.15, 0.2) is 5.79 Å². The van der Waals surface area contributed by atoms with Gasteiger partial charge in [0.1, 0.15) is 23.4 Å². The number of aliphatic hydroxyl groups is 2. The van der Waals surface area contributed by atoms with Crippen molar-refractivity contribution in [3.63, 3.8) is 0 Å². The minimum Gasteiger partial charge on any atom is -0.378 e. The van der Waals surface area contributed by atoms with Crippen LogP contribution in [0.5, 0.6) is 0 Å². The molecule has 1 heterocycles. The molecule has 1 aliphatic heterocycles. The molecule has 1 aliphatic carbocycles. The van der Waals surface area contributed by atoms with E-state index < -0.39 is 37.3 Å². The molecule has 0 aromatic heterocycles. The Morgan fingerprint density at radius 2 is 0.792 bits per heavy atom. The molecule has 53 heavy (non-hydrogen) atoms. The van der Waals surface area contributed by atoms with Gasteiger partial charge in [-0.25, -0.2) is 18.7 Å². The fourth-order valence-corrected chi connectivity index (χ4v) is 8.54. The van der Waals surface area contributed by atoms with Crippen LogP contribution in [0.4, 0.5) is 0 Å². The zero-order valence-corrected chi connectivity index (χ0v) is 33.6.